The fourth-order valence-corrected chi connectivity index (χ4v) is 3.94. The standard InChI is InChI=1S/C22H30N6OS/c1-14(2)30-21(16(4)29-19-13-26-20(23-5)11-15(19)3)18-8-10-25-22(28-18)27-17-7-6-9-24-12-17/h8,10-11,13,17,24H,1,6-7,9,12H2,2-5H3,(H,23,26)(H,25,27,28)/b21-16+. The van der Waals surface area contributed by atoms with Crippen LogP contribution in [-0.4, -0.2) is 41.1 Å². The van der Waals surface area contributed by atoms with Crippen molar-refractivity contribution in [3.63, 3.8) is 0 Å². The fourth-order valence-electron chi connectivity index (χ4n) is 3.19. The molecule has 0 aromatic carbocycles. The van der Waals surface area contributed by atoms with Crippen molar-refractivity contribution >= 4 is 28.4 Å². The van der Waals surface area contributed by atoms with Crippen LogP contribution in [0.25, 0.3) is 4.91 Å². The third-order valence-corrected chi connectivity index (χ3v) is 5.75. The lowest BCUT2D eigenvalue weighted by atomic mass is 10.1. The second-order valence-electron chi connectivity index (χ2n) is 7.33. The minimum absolute atomic E-state index is 0.340. The van der Waals surface area contributed by atoms with E-state index in [9.17, 15) is 0 Å². The van der Waals surface area contributed by atoms with E-state index in [0.717, 1.165) is 58.6 Å². The number of hydrogen-bond donors (Lipinski definition) is 3. The molecule has 0 radical (unpaired) electrons. The van der Waals surface area contributed by atoms with E-state index in [1.54, 1.807) is 24.2 Å². The van der Waals surface area contributed by atoms with Crippen molar-refractivity contribution in [2.75, 3.05) is 30.8 Å². The molecule has 3 heterocycles. The Kier molecular flexibility index (Phi) is 7.70. The van der Waals surface area contributed by atoms with Crippen LogP contribution >= 0.6 is 11.8 Å². The Morgan fingerprint density at radius 1 is 1.33 bits per heavy atom. The number of pyridine rings is 1. The second kappa shape index (κ2) is 10.4. The lowest BCUT2D eigenvalue weighted by molar-refractivity contribution is 0.427. The minimum Gasteiger partial charge on any atom is -0.459 e. The van der Waals surface area contributed by atoms with Crippen LogP contribution in [0.5, 0.6) is 5.75 Å². The molecule has 2 aromatic rings. The third kappa shape index (κ3) is 5.96. The molecule has 1 aliphatic heterocycles. The molecule has 1 saturated heterocycles. The zero-order valence-corrected chi connectivity index (χ0v) is 18.9. The van der Waals surface area contributed by atoms with E-state index >= 15 is 0 Å². The molecule has 30 heavy (non-hydrogen) atoms. The predicted octanol–water partition coefficient (Wildman–Crippen LogP) is 4.42. The molecule has 8 heteroatoms. The van der Waals surface area contributed by atoms with Gasteiger partial charge in [0.15, 0.2) is 0 Å². The highest BCUT2D eigenvalue weighted by Crippen LogP contribution is 2.36. The van der Waals surface area contributed by atoms with Crippen LogP contribution in [0.2, 0.25) is 0 Å². The summed E-state index contributed by atoms with van der Waals surface area (Å²) in [5, 5.41) is 9.89. The molecule has 1 unspecified atom stereocenters. The van der Waals surface area contributed by atoms with Crippen molar-refractivity contribution in [3.05, 3.63) is 53.0 Å². The zero-order valence-electron chi connectivity index (χ0n) is 18.1. The van der Waals surface area contributed by atoms with Gasteiger partial charge >= 0.3 is 0 Å². The van der Waals surface area contributed by atoms with Gasteiger partial charge in [-0.1, -0.05) is 18.3 Å². The maximum atomic E-state index is 6.19. The van der Waals surface area contributed by atoms with Crippen LogP contribution < -0.4 is 20.7 Å². The molecular weight excluding hydrogens is 396 g/mol. The van der Waals surface area contributed by atoms with Gasteiger partial charge in [0, 0.05) is 25.8 Å². The van der Waals surface area contributed by atoms with Gasteiger partial charge in [-0.05, 0) is 62.8 Å². The Labute approximate surface area is 182 Å². The number of rotatable bonds is 8. The number of hydrogen-bond acceptors (Lipinski definition) is 8. The zero-order chi connectivity index (χ0) is 21.5. The average molecular weight is 427 g/mol. The Hall–Kier alpha value is -2.58. The number of thioether (sulfide) groups is 1. The summed E-state index contributed by atoms with van der Waals surface area (Å²) in [6.45, 7) is 12.0. The van der Waals surface area contributed by atoms with Gasteiger partial charge in [0.25, 0.3) is 0 Å². The Morgan fingerprint density at radius 3 is 2.83 bits per heavy atom. The first-order chi connectivity index (χ1) is 14.5. The largest absolute Gasteiger partial charge is 0.459 e. The van der Waals surface area contributed by atoms with Gasteiger partial charge in [-0.25, -0.2) is 15.0 Å². The van der Waals surface area contributed by atoms with E-state index in [-0.39, 0.29) is 0 Å². The molecule has 1 atom stereocenters. The number of nitrogens with zero attached hydrogens (tertiary/aromatic N) is 3. The number of aromatic nitrogens is 3. The smallest absolute Gasteiger partial charge is 0.223 e. The van der Waals surface area contributed by atoms with E-state index in [2.05, 4.69) is 32.5 Å². The van der Waals surface area contributed by atoms with Crippen molar-refractivity contribution in [2.24, 2.45) is 0 Å². The van der Waals surface area contributed by atoms with Gasteiger partial charge < -0.3 is 20.7 Å². The highest BCUT2D eigenvalue weighted by atomic mass is 32.2. The molecule has 0 bridgehead atoms. The predicted molar refractivity (Wildman–Crippen MR) is 126 cm³/mol. The number of nitrogens with one attached hydrogen (secondary N) is 3. The molecule has 160 valence electrons. The van der Waals surface area contributed by atoms with Crippen LogP contribution in [0.4, 0.5) is 11.8 Å². The lowest BCUT2D eigenvalue weighted by Crippen LogP contribution is -2.38. The molecule has 0 amide bonds. The van der Waals surface area contributed by atoms with Crippen molar-refractivity contribution < 1.29 is 4.74 Å². The van der Waals surface area contributed by atoms with E-state index in [1.807, 2.05) is 40.0 Å². The van der Waals surface area contributed by atoms with E-state index < -0.39 is 0 Å². The summed E-state index contributed by atoms with van der Waals surface area (Å²) in [7, 11) is 1.85. The molecule has 3 N–H and O–H groups in total. The van der Waals surface area contributed by atoms with Crippen LogP contribution in [0.15, 0.2) is 41.8 Å². The number of piperidine rings is 1. The lowest BCUT2D eigenvalue weighted by Gasteiger charge is -2.24. The van der Waals surface area contributed by atoms with Crippen molar-refractivity contribution in [1.29, 1.82) is 0 Å². The summed E-state index contributed by atoms with van der Waals surface area (Å²) in [6.07, 6.45) is 5.78. The average Bonchev–Trinajstić information content (AvgIpc) is 2.74. The Morgan fingerprint density at radius 2 is 2.17 bits per heavy atom. The SMILES string of the molecule is C=C(C)S/C(=C(\C)Oc1cnc(NC)cc1C)c1ccnc(NC2CCCNC2)n1. The monoisotopic (exact) mass is 426 g/mol. The quantitative estimate of drug-likeness (QED) is 0.535. The van der Waals surface area contributed by atoms with Crippen LogP contribution in [0.3, 0.4) is 0 Å². The number of allylic oxidation sites excluding steroid dienone is 2. The van der Waals surface area contributed by atoms with Crippen LogP contribution in [0, 0.1) is 6.92 Å². The van der Waals surface area contributed by atoms with Crippen molar-refractivity contribution in [1.82, 2.24) is 20.3 Å². The molecule has 2 aromatic heterocycles. The maximum Gasteiger partial charge on any atom is 0.223 e. The molecule has 3 rings (SSSR count). The van der Waals surface area contributed by atoms with Crippen molar-refractivity contribution in [2.45, 2.75) is 39.7 Å². The van der Waals surface area contributed by atoms with Gasteiger partial charge in [0.05, 0.1) is 16.8 Å². The first-order valence-electron chi connectivity index (χ1n) is 10.1. The molecule has 1 fully saturated rings. The first-order valence-corrected chi connectivity index (χ1v) is 10.9. The van der Waals surface area contributed by atoms with Crippen LogP contribution in [0.1, 0.15) is 37.9 Å². The highest BCUT2D eigenvalue weighted by Gasteiger charge is 2.17. The third-order valence-electron chi connectivity index (χ3n) is 4.70. The highest BCUT2D eigenvalue weighted by molar-refractivity contribution is 8.11. The number of ether oxygens (including phenoxy) is 1. The van der Waals surface area contributed by atoms with Gasteiger partial charge in [-0.3, -0.25) is 0 Å². The summed E-state index contributed by atoms with van der Waals surface area (Å²) in [4.78, 5) is 15.4. The fraction of sp³-hybridized carbons (Fsp3) is 0.409. The van der Waals surface area contributed by atoms with Gasteiger partial charge in [-0.15, -0.1) is 0 Å². The van der Waals surface area contributed by atoms with Gasteiger partial charge in [-0.2, -0.15) is 0 Å². The first kappa shape index (κ1) is 22.1. The summed E-state index contributed by atoms with van der Waals surface area (Å²) < 4.78 is 6.19. The molecule has 1 aliphatic rings. The molecule has 7 nitrogen and oxygen atoms in total. The van der Waals surface area contributed by atoms with Gasteiger partial charge in [0.1, 0.15) is 17.3 Å². The molecule has 0 saturated carbocycles. The molecule has 0 aliphatic carbocycles. The molecule has 0 spiro atoms. The maximum absolute atomic E-state index is 6.19. The minimum atomic E-state index is 0.340. The van der Waals surface area contributed by atoms with Gasteiger partial charge in [0.2, 0.25) is 5.95 Å². The second-order valence-corrected chi connectivity index (χ2v) is 8.64. The van der Waals surface area contributed by atoms with Crippen LogP contribution in [-0.2, 0) is 0 Å². The summed E-state index contributed by atoms with van der Waals surface area (Å²) in [5.74, 6) is 2.90. The van der Waals surface area contributed by atoms with Crippen molar-refractivity contribution in [3.8, 4) is 5.75 Å². The number of anilines is 2. The normalized spacial score (nSPS) is 17.1. The molecular formula is C22H30N6OS. The topological polar surface area (TPSA) is 84.0 Å². The number of aryl methyl sites for hydroxylation is 1. The van der Waals surface area contributed by atoms with E-state index in [0.29, 0.717) is 17.7 Å². The summed E-state index contributed by atoms with van der Waals surface area (Å²) in [6, 6.07) is 4.20. The summed E-state index contributed by atoms with van der Waals surface area (Å²) in [5.41, 5.74) is 1.81. The Bertz CT molecular complexity index is 924. The van der Waals surface area contributed by atoms with E-state index in [4.69, 9.17) is 9.72 Å². The summed E-state index contributed by atoms with van der Waals surface area (Å²) >= 11 is 1.55. The Balaban J connectivity index is 1.87. The van der Waals surface area contributed by atoms with E-state index in [1.165, 1.54) is 0 Å².